The number of hydrogen-bond acceptors (Lipinski definition) is 2. The Morgan fingerprint density at radius 2 is 2.08 bits per heavy atom. The van der Waals surface area contributed by atoms with Crippen molar-refractivity contribution >= 4 is 17.8 Å². The lowest BCUT2D eigenvalue weighted by Crippen LogP contribution is -1.76. The topological polar surface area (TPSA) is 20.2 Å². The van der Waals surface area contributed by atoms with Gasteiger partial charge in [-0.1, -0.05) is 36.1 Å². The van der Waals surface area contributed by atoms with Crippen LogP contribution in [0.5, 0.6) is 5.75 Å². The van der Waals surface area contributed by atoms with Crippen LogP contribution < -0.4 is 0 Å². The molecule has 2 heteroatoms. The maximum atomic E-state index is 9.22. The van der Waals surface area contributed by atoms with Crippen molar-refractivity contribution in [1.82, 2.24) is 0 Å². The first-order valence-corrected chi connectivity index (χ1v) is 4.57. The van der Waals surface area contributed by atoms with Crippen LogP contribution in [0.2, 0.25) is 0 Å². The molecule has 2 rings (SSSR count). The van der Waals surface area contributed by atoms with Gasteiger partial charge in [-0.05, 0) is 23.1 Å². The van der Waals surface area contributed by atoms with E-state index >= 15 is 0 Å². The fourth-order valence-electron chi connectivity index (χ4n) is 1.08. The van der Waals surface area contributed by atoms with Gasteiger partial charge in [-0.25, -0.2) is 0 Å². The van der Waals surface area contributed by atoms with Crippen molar-refractivity contribution in [3.05, 3.63) is 41.3 Å². The molecular formula is C10H8OS. The number of rotatable bonds is 0. The number of fused-ring (bicyclic) bond motifs is 1. The van der Waals surface area contributed by atoms with E-state index in [2.05, 4.69) is 0 Å². The summed E-state index contributed by atoms with van der Waals surface area (Å²) in [4.78, 5) is 1.10. The average molecular weight is 176 g/mol. The van der Waals surface area contributed by atoms with E-state index in [0.717, 1.165) is 10.5 Å². The second kappa shape index (κ2) is 3.07. The molecule has 0 spiro atoms. The molecule has 0 radical (unpaired) electrons. The normalized spacial score (nSPS) is 14.0. The highest BCUT2D eigenvalue weighted by molar-refractivity contribution is 8.02. The van der Waals surface area contributed by atoms with Crippen LogP contribution in [0.4, 0.5) is 0 Å². The fraction of sp³-hybridized carbons (Fsp3) is 0. The lowest BCUT2D eigenvalue weighted by molar-refractivity contribution is 0.474. The minimum absolute atomic E-state index is 0.324. The molecule has 1 heterocycles. The monoisotopic (exact) mass is 176 g/mol. The first-order valence-electron chi connectivity index (χ1n) is 3.69. The van der Waals surface area contributed by atoms with Gasteiger partial charge in [0.05, 0.1) is 0 Å². The van der Waals surface area contributed by atoms with Crippen molar-refractivity contribution in [1.29, 1.82) is 0 Å². The molecule has 1 aromatic rings. The summed E-state index contributed by atoms with van der Waals surface area (Å²) in [5.74, 6) is 0.324. The van der Waals surface area contributed by atoms with Crippen molar-refractivity contribution < 1.29 is 5.11 Å². The summed E-state index contributed by atoms with van der Waals surface area (Å²) in [5.41, 5.74) is 1.16. The number of phenolic OH excluding ortho intramolecular Hbond substituents is 1. The van der Waals surface area contributed by atoms with Crippen LogP contribution in [0.15, 0.2) is 40.7 Å². The minimum atomic E-state index is 0.324. The molecular weight excluding hydrogens is 168 g/mol. The molecule has 60 valence electrons. The highest BCUT2D eigenvalue weighted by atomic mass is 32.2. The van der Waals surface area contributed by atoms with E-state index in [1.54, 1.807) is 23.9 Å². The Bertz CT molecular complexity index is 353. The molecule has 0 saturated carbocycles. The van der Waals surface area contributed by atoms with Crippen LogP contribution in [0.3, 0.4) is 0 Å². The summed E-state index contributed by atoms with van der Waals surface area (Å²) in [6.07, 6.45) is 6.02. The number of phenols is 1. The maximum absolute atomic E-state index is 9.22. The third-order valence-electron chi connectivity index (χ3n) is 1.66. The molecule has 0 aliphatic carbocycles. The number of benzene rings is 1. The van der Waals surface area contributed by atoms with Gasteiger partial charge in [0.1, 0.15) is 5.75 Å². The summed E-state index contributed by atoms with van der Waals surface area (Å²) in [5, 5.41) is 11.2. The van der Waals surface area contributed by atoms with Crippen LogP contribution in [-0.4, -0.2) is 5.11 Å². The summed E-state index contributed by atoms with van der Waals surface area (Å²) in [6, 6.07) is 5.40. The number of thioether (sulfide) groups is 1. The van der Waals surface area contributed by atoms with Gasteiger partial charge in [0.25, 0.3) is 0 Å². The van der Waals surface area contributed by atoms with Crippen molar-refractivity contribution in [3.63, 3.8) is 0 Å². The van der Waals surface area contributed by atoms with E-state index in [-0.39, 0.29) is 0 Å². The predicted octanol–water partition coefficient (Wildman–Crippen LogP) is 3.02. The molecule has 1 aliphatic rings. The molecule has 12 heavy (non-hydrogen) atoms. The van der Waals surface area contributed by atoms with Gasteiger partial charge >= 0.3 is 0 Å². The molecule has 1 aliphatic heterocycles. The first-order chi connectivity index (χ1) is 5.86. The average Bonchev–Trinajstić information content (AvgIpc) is 2.28. The number of hydrogen-bond donors (Lipinski definition) is 1. The fourth-order valence-corrected chi connectivity index (χ4v) is 1.86. The van der Waals surface area contributed by atoms with Crippen molar-refractivity contribution in [2.75, 3.05) is 0 Å². The van der Waals surface area contributed by atoms with Gasteiger partial charge in [0, 0.05) is 4.90 Å². The summed E-state index contributed by atoms with van der Waals surface area (Å²) in [6.45, 7) is 0. The minimum Gasteiger partial charge on any atom is -0.508 e. The van der Waals surface area contributed by atoms with Crippen molar-refractivity contribution in [3.8, 4) is 5.75 Å². The second-order valence-electron chi connectivity index (χ2n) is 2.53. The van der Waals surface area contributed by atoms with E-state index in [4.69, 9.17) is 0 Å². The third-order valence-corrected chi connectivity index (χ3v) is 2.56. The largest absolute Gasteiger partial charge is 0.508 e. The van der Waals surface area contributed by atoms with Gasteiger partial charge in [0.2, 0.25) is 0 Å². The summed E-state index contributed by atoms with van der Waals surface area (Å²) >= 11 is 1.62. The zero-order valence-corrected chi connectivity index (χ0v) is 7.21. The van der Waals surface area contributed by atoms with Crippen LogP contribution in [-0.2, 0) is 0 Å². The van der Waals surface area contributed by atoms with Crippen LogP contribution in [0.1, 0.15) is 5.56 Å². The van der Waals surface area contributed by atoms with Crippen molar-refractivity contribution in [2.45, 2.75) is 4.90 Å². The van der Waals surface area contributed by atoms with E-state index in [0.29, 0.717) is 5.75 Å². The van der Waals surface area contributed by atoms with Gasteiger partial charge in [-0.2, -0.15) is 0 Å². The van der Waals surface area contributed by atoms with Gasteiger partial charge < -0.3 is 5.11 Å². The molecule has 1 aromatic carbocycles. The maximum Gasteiger partial charge on any atom is 0.116 e. The highest BCUT2D eigenvalue weighted by Gasteiger charge is 2.01. The molecule has 1 N–H and O–H groups in total. The zero-order chi connectivity index (χ0) is 8.39. The van der Waals surface area contributed by atoms with Crippen molar-refractivity contribution in [2.24, 2.45) is 0 Å². The molecule has 0 unspecified atom stereocenters. The Balaban J connectivity index is 2.53. The Labute approximate surface area is 75.4 Å². The molecule has 0 bridgehead atoms. The SMILES string of the molecule is Oc1ccc2c(c1)SC=CC=C2. The number of aromatic hydroxyl groups is 1. The van der Waals surface area contributed by atoms with E-state index in [1.807, 2.05) is 29.7 Å². The Morgan fingerprint density at radius 3 is 3.00 bits per heavy atom. The van der Waals surface area contributed by atoms with Gasteiger partial charge in [0.15, 0.2) is 0 Å². The first kappa shape index (κ1) is 7.50. The van der Waals surface area contributed by atoms with Crippen LogP contribution in [0.25, 0.3) is 6.08 Å². The quantitative estimate of drug-likeness (QED) is 0.655. The van der Waals surface area contributed by atoms with Crippen LogP contribution >= 0.6 is 11.8 Å². The summed E-state index contributed by atoms with van der Waals surface area (Å²) < 4.78 is 0. The smallest absolute Gasteiger partial charge is 0.116 e. The standard InChI is InChI=1S/C10H8OS/c11-9-5-4-8-3-1-2-6-12-10(8)7-9/h1-7,11H. The predicted molar refractivity (Wildman–Crippen MR) is 52.1 cm³/mol. The molecule has 1 nitrogen and oxygen atoms in total. The van der Waals surface area contributed by atoms with Gasteiger partial charge in [-0.15, -0.1) is 0 Å². The summed E-state index contributed by atoms with van der Waals surface area (Å²) in [7, 11) is 0. The Kier molecular flexibility index (Phi) is 1.92. The van der Waals surface area contributed by atoms with Crippen LogP contribution in [0, 0.1) is 0 Å². The highest BCUT2D eigenvalue weighted by Crippen LogP contribution is 2.30. The lowest BCUT2D eigenvalue weighted by atomic mass is 10.2. The van der Waals surface area contributed by atoms with E-state index < -0.39 is 0 Å². The molecule has 0 aromatic heterocycles. The molecule has 0 saturated heterocycles. The van der Waals surface area contributed by atoms with Gasteiger partial charge in [-0.3, -0.25) is 0 Å². The Hall–Kier alpha value is -1.15. The number of allylic oxidation sites excluding steroid dienone is 2. The van der Waals surface area contributed by atoms with E-state index in [1.165, 1.54) is 0 Å². The van der Waals surface area contributed by atoms with E-state index in [9.17, 15) is 5.11 Å². The molecule has 0 amide bonds. The Morgan fingerprint density at radius 1 is 1.17 bits per heavy atom. The molecule has 0 atom stereocenters. The second-order valence-corrected chi connectivity index (χ2v) is 3.48. The zero-order valence-electron chi connectivity index (χ0n) is 6.40. The molecule has 0 fully saturated rings. The lowest BCUT2D eigenvalue weighted by Gasteiger charge is -2.01. The third kappa shape index (κ3) is 1.38.